The zero-order chi connectivity index (χ0) is 78.8. The highest BCUT2D eigenvalue weighted by Gasteiger charge is 2.61. The second kappa shape index (κ2) is 34.0. The van der Waals surface area contributed by atoms with Gasteiger partial charge in [0.05, 0.1) is 52.9 Å². The van der Waals surface area contributed by atoms with Crippen LogP contribution in [0.4, 0.5) is 0 Å². The molecule has 5 heterocycles. The van der Waals surface area contributed by atoms with Gasteiger partial charge >= 0.3 is 57.7 Å². The summed E-state index contributed by atoms with van der Waals surface area (Å²) in [6.07, 6.45) is 12.6. The van der Waals surface area contributed by atoms with Crippen LogP contribution in [0.25, 0.3) is 0 Å². The van der Waals surface area contributed by atoms with Gasteiger partial charge in [0.2, 0.25) is 21.6 Å². The molecule has 0 saturated heterocycles. The molecule has 0 bridgehead atoms. The molecule has 0 aromatic carbocycles. The minimum atomic E-state index is -6.15. The van der Waals surface area contributed by atoms with Crippen molar-refractivity contribution in [2.75, 3.05) is 79.0 Å². The van der Waals surface area contributed by atoms with Crippen LogP contribution < -0.4 is 48.6 Å². The Bertz CT molecular complexity index is 3250. The average Bonchev–Trinajstić information content (AvgIpc) is 1.19. The van der Waals surface area contributed by atoms with Crippen molar-refractivity contribution in [1.82, 2.24) is 43.8 Å². The molecule has 578 valence electrons. The Hall–Kier alpha value is -4.78. The number of hydrogen-bond donors (Lipinski definition) is 21. The van der Waals surface area contributed by atoms with Crippen LogP contribution in [0.3, 0.4) is 0 Å². The molecule has 6 unspecified atom stereocenters. The van der Waals surface area contributed by atoms with E-state index in [0.717, 1.165) is 71.0 Å². The van der Waals surface area contributed by atoms with Crippen molar-refractivity contribution in [2.24, 2.45) is 0 Å². The summed E-state index contributed by atoms with van der Waals surface area (Å²) < 4.78 is 112. The van der Waals surface area contributed by atoms with Gasteiger partial charge in [-0.3, -0.25) is 32.9 Å². The summed E-state index contributed by atoms with van der Waals surface area (Å²) in [5.41, 5.74) is 0. The molecule has 4 aliphatic heterocycles. The molecule has 0 fully saturated rings. The molecule has 0 amide bonds. The van der Waals surface area contributed by atoms with E-state index in [1.165, 1.54) is 45.7 Å². The number of imidazole rings is 1. The molecule has 1 aromatic heterocycles. The van der Waals surface area contributed by atoms with Gasteiger partial charge in [0.25, 0.3) is 0 Å². The van der Waals surface area contributed by atoms with Gasteiger partial charge < -0.3 is 220 Å². The first-order chi connectivity index (χ1) is 44.3. The Morgan fingerprint density at radius 1 is 0.330 bits per heavy atom. The summed E-state index contributed by atoms with van der Waals surface area (Å²) in [5, 5.41) is 71.7. The van der Waals surface area contributed by atoms with E-state index in [2.05, 4.69) is 0 Å². The fraction of sp³-hybridized carbons (Fsp3) is 0.543. The second-order valence-electron chi connectivity index (χ2n) is 20.6. The van der Waals surface area contributed by atoms with E-state index in [9.17, 15) is 139 Å². The third-order valence-electron chi connectivity index (χ3n) is 12.4. The normalized spacial score (nSPS) is 20.0. The molecule has 55 nitrogen and oxygen atoms in total. The zero-order valence-corrected chi connectivity index (χ0v) is 58.3. The minimum absolute atomic E-state index is 0.214. The minimum Gasteiger partial charge on any atom is -0.808 e. The summed E-state index contributed by atoms with van der Waals surface area (Å²) in [5.74, 6) is -5.92. The molecule has 5 rings (SSSR count). The summed E-state index contributed by atoms with van der Waals surface area (Å²) in [6, 6.07) is 0. The number of carboxylic acid groups (broad SMARTS) is 5. The average molecular weight is 1650 g/mol. The van der Waals surface area contributed by atoms with Crippen LogP contribution in [0.2, 0.25) is 0 Å². The van der Waals surface area contributed by atoms with Gasteiger partial charge in [0.15, 0.2) is 44.5 Å². The predicted octanol–water partition coefficient (Wildman–Crippen LogP) is -15.4. The fourth-order valence-corrected chi connectivity index (χ4v) is 17.4. The summed E-state index contributed by atoms with van der Waals surface area (Å²) in [4.78, 5) is 256. The molecule has 65 heteroatoms. The zero-order valence-electron chi connectivity index (χ0n) is 49.4. The number of carbonyl (C=O) groups is 5. The van der Waals surface area contributed by atoms with Crippen molar-refractivity contribution in [3.8, 4) is 0 Å². The highest BCUT2D eigenvalue weighted by atomic mass is 31.3. The first-order valence-electron chi connectivity index (χ1n) is 25.2. The lowest BCUT2D eigenvalue weighted by Crippen LogP contribution is -2.52. The number of nitrogens with zero attached hydrogens (tertiary/aromatic N) is 10. The van der Waals surface area contributed by atoms with Crippen molar-refractivity contribution in [3.63, 3.8) is 0 Å². The summed E-state index contributed by atoms with van der Waals surface area (Å²) in [6.45, 7) is -9.07. The second-order valence-corrected chi connectivity index (χ2v) is 40.2. The van der Waals surface area contributed by atoms with Crippen LogP contribution in [0.5, 0.6) is 0 Å². The molecule has 0 aliphatic carbocycles. The Morgan fingerprint density at radius 2 is 0.550 bits per heavy atom. The van der Waals surface area contributed by atoms with Crippen LogP contribution in [0, 0.1) is 0 Å². The van der Waals surface area contributed by atoms with Gasteiger partial charge in [-0.05, 0) is 15.2 Å². The number of aliphatic hydroxyl groups is 5. The van der Waals surface area contributed by atoms with Crippen LogP contribution in [-0.4, -0.2) is 283 Å². The Morgan fingerprint density at radius 3 is 0.750 bits per heavy atom. The maximum Gasteiger partial charge on any atom is 0.373 e. The number of β-amino-alcohol motifs (C(OH)–C–C–N with tert-alkyl or cyclic N) is 4. The van der Waals surface area contributed by atoms with E-state index in [4.69, 9.17) is 79.4 Å². The highest BCUT2D eigenvalue weighted by molar-refractivity contribution is 7.73. The molecule has 0 saturated carbocycles. The van der Waals surface area contributed by atoms with E-state index in [1.54, 1.807) is 0 Å². The van der Waals surface area contributed by atoms with Gasteiger partial charge in [-0.2, -0.15) is 0 Å². The third kappa shape index (κ3) is 25.8. The number of aliphatic carboxylic acids is 5. The van der Waals surface area contributed by atoms with Crippen molar-refractivity contribution >= 4 is 106 Å². The van der Waals surface area contributed by atoms with Gasteiger partial charge in [-0.25, -0.2) is 13.9 Å². The molecule has 21 N–H and O–H groups in total. The van der Waals surface area contributed by atoms with Gasteiger partial charge in [0.1, 0.15) is 50.2 Å². The highest BCUT2D eigenvalue weighted by Crippen LogP contribution is 2.69. The largest absolute Gasteiger partial charge is 0.808 e. The van der Waals surface area contributed by atoms with Gasteiger partial charge in [0, 0.05) is 49.6 Å². The van der Waals surface area contributed by atoms with Crippen molar-refractivity contribution in [2.45, 2.75) is 38.5 Å². The smallest absolute Gasteiger partial charge is 0.373 e. The molecule has 0 spiro atoms. The monoisotopic (exact) mass is 1650 g/mol. The molecule has 1 aromatic rings. The molecular weight excluding hydrogens is 1590 g/mol. The number of hydrogen-bond acceptors (Lipinski definition) is 37. The SMILES string of the molecule is O=C(O)CN1C=CN(CC(O)(P(=O)([O-])O)P(=O)(O)O)C1.O=C(O)CN1C=CN(CC(O)(P(=O)([O-])O)P(=O)([O-])O)C1.O=C(O)CN1C=CN(CC(O)(P(=O)([O-])O)P(=O)([O-])O)C1.O=C(O)CN1C=CN(CC(O)(P(=O)([O-])[O-])P(=O)([O-])[O-])C1.O=C(O)C[n+]1ccn(CC(O)(P(=O)(O)O)P(=O)(O)O)c1. The van der Waals surface area contributed by atoms with E-state index < -0.39 is 197 Å². The van der Waals surface area contributed by atoms with Gasteiger partial charge in [-0.1, -0.05) is 0 Å². The lowest BCUT2D eigenvalue weighted by atomic mass is 10.6. The van der Waals surface area contributed by atoms with Crippen LogP contribution in [0.1, 0.15) is 0 Å². The summed E-state index contributed by atoms with van der Waals surface area (Å²) in [7, 11) is -58.1. The quantitative estimate of drug-likeness (QED) is 0.0251. The Labute approximate surface area is 557 Å². The predicted molar refractivity (Wildman–Crippen MR) is 298 cm³/mol. The third-order valence-corrected chi connectivity index (χ3v) is 30.5. The van der Waals surface area contributed by atoms with E-state index in [1.807, 2.05) is 0 Å². The standard InChI is InChI=1S/4C7H14N2O9P2.C7H12N2O9P2/c5*10-6(11)3-8-1-2-9(5-8)4-7(12,19(13,14)15)20(16,17)18/h4*1-2,12H,3-5H2,(H,10,11)(H2,13,14,15)(H2,16,17,18);1-2,5,12H,3-4H2,(H4-,10,11,13,14,15,16,17,18)/p-8. The Balaban J connectivity index is 0.000000625. The van der Waals surface area contributed by atoms with Crippen LogP contribution in [0.15, 0.2) is 68.3 Å². The maximum absolute atomic E-state index is 11.1. The van der Waals surface area contributed by atoms with E-state index in [-0.39, 0.29) is 26.7 Å². The Kier molecular flexibility index (Phi) is 31.7. The van der Waals surface area contributed by atoms with Crippen molar-refractivity contribution in [1.29, 1.82) is 0 Å². The van der Waals surface area contributed by atoms with E-state index in [0.29, 0.717) is 0 Å². The molecule has 0 radical (unpaired) electrons. The summed E-state index contributed by atoms with van der Waals surface area (Å²) >= 11 is 0. The molecule has 100 heavy (non-hydrogen) atoms. The first kappa shape index (κ1) is 93.2. The first-order valence-corrected chi connectivity index (χ1v) is 41.0. The van der Waals surface area contributed by atoms with Crippen LogP contribution in [-0.2, 0) is 82.7 Å². The van der Waals surface area contributed by atoms with E-state index >= 15 is 0 Å². The van der Waals surface area contributed by atoms with Crippen molar-refractivity contribution < 1.29 is 223 Å². The topological polar surface area (TPSA) is 923 Å². The maximum atomic E-state index is 11.1. The van der Waals surface area contributed by atoms with Crippen molar-refractivity contribution in [3.05, 3.63) is 68.3 Å². The van der Waals surface area contributed by atoms with Crippen LogP contribution >= 0.6 is 76.0 Å². The van der Waals surface area contributed by atoms with Gasteiger partial charge in [-0.15, -0.1) is 0 Å². The lowest BCUT2D eigenvalue weighted by molar-refractivity contribution is -0.685. The lowest BCUT2D eigenvalue weighted by Gasteiger charge is -2.56. The fourth-order valence-electron chi connectivity index (χ4n) is 7.40. The number of rotatable bonds is 30. The number of aromatic nitrogens is 2. The molecule has 6 atom stereocenters. The number of carboxylic acids is 5. The molecular formula is C35H60N10O45P10-8. The molecule has 4 aliphatic rings.